The third kappa shape index (κ3) is 6.96. The third-order valence-corrected chi connectivity index (χ3v) is 8.78. The van der Waals surface area contributed by atoms with Gasteiger partial charge in [-0.15, -0.1) is 0 Å². The van der Waals surface area contributed by atoms with Crippen LogP contribution in [0.4, 0.5) is 0 Å². The number of rotatable bonds is 5. The molecule has 6 rings (SSSR count). The van der Waals surface area contributed by atoms with E-state index in [0.717, 1.165) is 52.7 Å². The van der Waals surface area contributed by atoms with Crippen LogP contribution >= 0.6 is 0 Å². The van der Waals surface area contributed by atoms with E-state index in [2.05, 4.69) is 11.1 Å². The van der Waals surface area contributed by atoms with Gasteiger partial charge in [-0.25, -0.2) is 0 Å². The fourth-order valence-electron chi connectivity index (χ4n) is 6.40. The summed E-state index contributed by atoms with van der Waals surface area (Å²) in [6.07, 6.45) is 3.03. The number of aryl methyl sites for hydroxylation is 3. The van der Waals surface area contributed by atoms with Gasteiger partial charge in [0.2, 0.25) is 0 Å². The lowest BCUT2D eigenvalue weighted by Gasteiger charge is -2.44. The highest BCUT2D eigenvalue weighted by Crippen LogP contribution is 2.31. The number of fused-ring (bicyclic) bond motifs is 2. The van der Waals surface area contributed by atoms with Gasteiger partial charge in [0, 0.05) is 30.2 Å². The lowest BCUT2D eigenvalue weighted by atomic mass is 9.90. The van der Waals surface area contributed by atoms with Crippen LogP contribution in [0.3, 0.4) is 0 Å². The van der Waals surface area contributed by atoms with Crippen molar-refractivity contribution in [1.82, 2.24) is 14.8 Å². The Labute approximate surface area is 264 Å². The van der Waals surface area contributed by atoms with E-state index in [4.69, 9.17) is 14.2 Å². The zero-order valence-electron chi connectivity index (χ0n) is 26.2. The van der Waals surface area contributed by atoms with E-state index in [-0.39, 0.29) is 31.6 Å². The van der Waals surface area contributed by atoms with Crippen LogP contribution in [-0.4, -0.2) is 71.7 Å². The second-order valence-electron chi connectivity index (χ2n) is 12.1. The number of pyridine rings is 1. The molecule has 45 heavy (non-hydrogen) atoms. The third-order valence-electron chi connectivity index (χ3n) is 8.78. The lowest BCUT2D eigenvalue weighted by Crippen LogP contribution is -2.62. The molecule has 2 amide bonds. The summed E-state index contributed by atoms with van der Waals surface area (Å²) < 4.78 is 18.8. The Bertz CT molecular complexity index is 1660. The molecule has 1 unspecified atom stereocenters. The van der Waals surface area contributed by atoms with Crippen LogP contribution in [0.1, 0.15) is 41.6 Å². The molecule has 0 aliphatic carbocycles. The van der Waals surface area contributed by atoms with Gasteiger partial charge >= 0.3 is 0 Å². The summed E-state index contributed by atoms with van der Waals surface area (Å²) in [4.78, 5) is 36.4. The normalized spacial score (nSPS) is 19.4. The average Bonchev–Trinajstić information content (AvgIpc) is 3.06. The monoisotopic (exact) mass is 607 g/mol. The first kappa shape index (κ1) is 30.6. The number of carbonyl (C=O) groups is 2. The average molecular weight is 608 g/mol. The van der Waals surface area contributed by atoms with Crippen LogP contribution < -0.4 is 9.47 Å². The number of hydrogen-bond donors (Lipinski definition) is 0. The second-order valence-corrected chi connectivity index (χ2v) is 12.1. The van der Waals surface area contributed by atoms with Gasteiger partial charge in [-0.3, -0.25) is 14.6 Å². The first-order valence-electron chi connectivity index (χ1n) is 15.9. The number of ether oxygens (including phenoxy) is 3. The van der Waals surface area contributed by atoms with Crippen LogP contribution in [0.25, 0.3) is 10.9 Å². The van der Waals surface area contributed by atoms with Gasteiger partial charge in [-0.1, -0.05) is 60.7 Å². The predicted molar refractivity (Wildman–Crippen MR) is 173 cm³/mol. The van der Waals surface area contributed by atoms with E-state index in [0.29, 0.717) is 38.4 Å². The molecule has 1 saturated heterocycles. The van der Waals surface area contributed by atoms with Crippen LogP contribution in [0.5, 0.6) is 11.5 Å². The number of morpholine rings is 1. The van der Waals surface area contributed by atoms with Crippen LogP contribution in [0.2, 0.25) is 0 Å². The van der Waals surface area contributed by atoms with E-state index in [1.54, 1.807) is 4.90 Å². The summed E-state index contributed by atoms with van der Waals surface area (Å²) >= 11 is 0. The molecule has 3 heterocycles. The molecule has 1 aromatic heterocycles. The maximum absolute atomic E-state index is 14.5. The van der Waals surface area contributed by atoms with E-state index in [9.17, 15) is 9.59 Å². The maximum Gasteiger partial charge on any atom is 0.260 e. The SMILES string of the molecule is Cc1cc(OCC(=O)N2CCOC3(CCCCc4ccccc4OCCN(Cc4ccccc4)C3=O)C2)c2cccc(C)c2n1. The summed E-state index contributed by atoms with van der Waals surface area (Å²) in [6, 6.07) is 25.9. The molecule has 0 bridgehead atoms. The van der Waals surface area contributed by atoms with Gasteiger partial charge in [0.25, 0.3) is 11.8 Å². The van der Waals surface area contributed by atoms with Gasteiger partial charge in [0.1, 0.15) is 18.1 Å². The van der Waals surface area contributed by atoms with Crippen molar-refractivity contribution in [3.05, 3.63) is 101 Å². The summed E-state index contributed by atoms with van der Waals surface area (Å²) in [5.74, 6) is 1.24. The standard InChI is InChI=1S/C37H41N3O5/c1-27-11-10-16-31-33(23-28(2)38-35(27)31)44-25-34(41)40-20-22-45-37(26-40)18-9-8-15-30-14-6-7-17-32(30)43-21-19-39(36(37)42)24-29-12-4-3-5-13-29/h3-7,10-14,16-17,23H,8-9,15,18-22,24-26H2,1-2H3. The quantitative estimate of drug-likeness (QED) is 0.291. The summed E-state index contributed by atoms with van der Waals surface area (Å²) in [5.41, 5.74) is 3.81. The van der Waals surface area contributed by atoms with Gasteiger partial charge < -0.3 is 24.0 Å². The van der Waals surface area contributed by atoms with Gasteiger partial charge in [0.05, 0.1) is 25.2 Å². The molecule has 1 spiro atoms. The number of amides is 2. The van der Waals surface area contributed by atoms with Crippen molar-refractivity contribution in [3.8, 4) is 11.5 Å². The maximum atomic E-state index is 14.5. The minimum absolute atomic E-state index is 0.103. The Hall–Kier alpha value is -4.43. The van der Waals surface area contributed by atoms with E-state index < -0.39 is 5.60 Å². The highest BCUT2D eigenvalue weighted by molar-refractivity contribution is 5.89. The predicted octanol–water partition coefficient (Wildman–Crippen LogP) is 5.66. The minimum Gasteiger partial charge on any atom is -0.491 e. The molecule has 4 aromatic rings. The van der Waals surface area contributed by atoms with Crippen molar-refractivity contribution in [2.75, 3.05) is 39.5 Å². The lowest BCUT2D eigenvalue weighted by molar-refractivity contribution is -0.177. The first-order chi connectivity index (χ1) is 21.9. The van der Waals surface area contributed by atoms with E-state index in [1.165, 1.54) is 5.56 Å². The van der Waals surface area contributed by atoms with Gasteiger partial charge in [-0.05, 0) is 68.4 Å². The molecular formula is C37H41N3O5. The Morgan fingerprint density at radius 2 is 1.78 bits per heavy atom. The van der Waals surface area contributed by atoms with Gasteiger partial charge in [0.15, 0.2) is 12.2 Å². The number of hydrogen-bond acceptors (Lipinski definition) is 6. The number of carbonyl (C=O) groups excluding carboxylic acids is 2. The number of nitrogens with zero attached hydrogens (tertiary/aromatic N) is 3. The summed E-state index contributed by atoms with van der Waals surface area (Å²) in [6.45, 7) is 5.88. The van der Waals surface area contributed by atoms with Crippen molar-refractivity contribution in [2.45, 2.75) is 51.7 Å². The zero-order valence-corrected chi connectivity index (χ0v) is 26.2. The Balaban J connectivity index is 1.23. The summed E-state index contributed by atoms with van der Waals surface area (Å²) in [5, 5.41) is 0.877. The number of aromatic nitrogens is 1. The molecule has 234 valence electrons. The Kier molecular flexibility index (Phi) is 9.31. The molecular weight excluding hydrogens is 566 g/mol. The molecule has 8 heteroatoms. The molecule has 1 atom stereocenters. The molecule has 0 N–H and O–H groups in total. The van der Waals surface area contributed by atoms with Crippen LogP contribution in [-0.2, 0) is 27.3 Å². The van der Waals surface area contributed by atoms with Crippen molar-refractivity contribution < 1.29 is 23.8 Å². The minimum atomic E-state index is -1.14. The molecule has 0 radical (unpaired) electrons. The first-order valence-corrected chi connectivity index (χ1v) is 15.9. The second kappa shape index (κ2) is 13.7. The summed E-state index contributed by atoms with van der Waals surface area (Å²) in [7, 11) is 0. The van der Waals surface area contributed by atoms with E-state index in [1.807, 2.05) is 91.5 Å². The highest BCUT2D eigenvalue weighted by Gasteiger charge is 2.46. The topological polar surface area (TPSA) is 81.2 Å². The van der Waals surface area contributed by atoms with E-state index >= 15 is 0 Å². The smallest absolute Gasteiger partial charge is 0.260 e. The van der Waals surface area contributed by atoms with Crippen LogP contribution in [0.15, 0.2) is 78.9 Å². The fraction of sp³-hybridized carbons (Fsp3) is 0.378. The molecule has 8 nitrogen and oxygen atoms in total. The highest BCUT2D eigenvalue weighted by atomic mass is 16.5. The number of benzene rings is 3. The van der Waals surface area contributed by atoms with Crippen molar-refractivity contribution >= 4 is 22.7 Å². The molecule has 1 fully saturated rings. The van der Waals surface area contributed by atoms with Crippen molar-refractivity contribution in [3.63, 3.8) is 0 Å². The largest absolute Gasteiger partial charge is 0.491 e. The Morgan fingerprint density at radius 1 is 0.956 bits per heavy atom. The van der Waals surface area contributed by atoms with Crippen molar-refractivity contribution in [2.24, 2.45) is 0 Å². The number of para-hydroxylation sites is 2. The van der Waals surface area contributed by atoms with Gasteiger partial charge in [-0.2, -0.15) is 0 Å². The Morgan fingerprint density at radius 3 is 2.64 bits per heavy atom. The zero-order chi connectivity index (χ0) is 31.2. The molecule has 2 aliphatic heterocycles. The molecule has 2 aliphatic rings. The fourth-order valence-corrected chi connectivity index (χ4v) is 6.40. The molecule has 0 saturated carbocycles. The molecule has 3 aromatic carbocycles. The van der Waals surface area contributed by atoms with Crippen LogP contribution in [0, 0.1) is 13.8 Å². The van der Waals surface area contributed by atoms with Crippen molar-refractivity contribution in [1.29, 1.82) is 0 Å².